The monoisotopic (exact) mass is 250 g/mol. The average Bonchev–Trinajstić information content (AvgIpc) is 2.60. The van der Waals surface area contributed by atoms with E-state index in [1.165, 1.54) is 49.1 Å². The first-order valence-corrected chi connectivity index (χ1v) is 7.25. The topological polar surface area (TPSA) is 44.0 Å². The molecule has 0 unspecified atom stereocenters. The van der Waals surface area contributed by atoms with Crippen LogP contribution in [0.5, 0.6) is 0 Å². The van der Waals surface area contributed by atoms with E-state index in [0.29, 0.717) is 0 Å². The van der Waals surface area contributed by atoms with Crippen molar-refractivity contribution in [2.45, 2.75) is 45.6 Å². The Kier molecular flexibility index (Phi) is 5.20. The molecule has 0 bridgehead atoms. The van der Waals surface area contributed by atoms with Gasteiger partial charge in [-0.1, -0.05) is 13.3 Å². The van der Waals surface area contributed by atoms with Gasteiger partial charge in [0, 0.05) is 25.3 Å². The Morgan fingerprint density at radius 2 is 2.11 bits per heavy atom. The van der Waals surface area contributed by atoms with E-state index in [1.54, 1.807) is 0 Å². The molecule has 0 aliphatic heterocycles. The molecule has 4 heteroatoms. The van der Waals surface area contributed by atoms with Gasteiger partial charge in [0.2, 0.25) is 0 Å². The second kappa shape index (κ2) is 6.90. The third kappa shape index (κ3) is 3.56. The molecule has 1 aromatic rings. The van der Waals surface area contributed by atoms with Gasteiger partial charge in [-0.25, -0.2) is 0 Å². The second-order valence-corrected chi connectivity index (χ2v) is 5.28. The van der Waals surface area contributed by atoms with Crippen LogP contribution in [-0.4, -0.2) is 41.8 Å². The minimum Gasteiger partial charge on any atom is -0.316 e. The molecular formula is C14H26N4. The van der Waals surface area contributed by atoms with E-state index < -0.39 is 0 Å². The summed E-state index contributed by atoms with van der Waals surface area (Å²) in [6.45, 7) is 6.30. The lowest BCUT2D eigenvalue weighted by molar-refractivity contribution is 0.320. The number of nitrogens with zero attached hydrogens (tertiary/aromatic N) is 2. The molecule has 0 aromatic carbocycles. The fraction of sp³-hybridized carbons (Fsp3) is 0.786. The summed E-state index contributed by atoms with van der Waals surface area (Å²) in [6, 6.07) is 0. The van der Waals surface area contributed by atoms with Crippen molar-refractivity contribution in [1.29, 1.82) is 0 Å². The maximum absolute atomic E-state index is 4.52. The molecule has 1 aliphatic carbocycles. The van der Waals surface area contributed by atoms with E-state index >= 15 is 0 Å². The summed E-state index contributed by atoms with van der Waals surface area (Å²) in [4.78, 5) is 2.35. The van der Waals surface area contributed by atoms with E-state index in [0.717, 1.165) is 26.2 Å². The molecule has 1 aliphatic rings. The Morgan fingerprint density at radius 3 is 2.94 bits per heavy atom. The van der Waals surface area contributed by atoms with Gasteiger partial charge in [0.15, 0.2) is 0 Å². The number of fused-ring (bicyclic) bond motifs is 1. The van der Waals surface area contributed by atoms with Crippen LogP contribution in [0.3, 0.4) is 0 Å². The summed E-state index contributed by atoms with van der Waals surface area (Å²) in [5, 5.41) is 11.1. The number of H-pyrrole nitrogens is 1. The van der Waals surface area contributed by atoms with Crippen LogP contribution < -0.4 is 5.32 Å². The van der Waals surface area contributed by atoms with Crippen molar-refractivity contribution < 1.29 is 0 Å². The molecule has 0 spiro atoms. The van der Waals surface area contributed by atoms with Crippen LogP contribution in [0.25, 0.3) is 0 Å². The number of nitrogens with one attached hydrogen (secondary N) is 2. The van der Waals surface area contributed by atoms with Crippen molar-refractivity contribution in [3.05, 3.63) is 17.0 Å². The van der Waals surface area contributed by atoms with E-state index in [4.69, 9.17) is 0 Å². The van der Waals surface area contributed by atoms with Crippen LogP contribution in [0, 0.1) is 0 Å². The zero-order chi connectivity index (χ0) is 12.8. The summed E-state index contributed by atoms with van der Waals surface area (Å²) in [5.74, 6) is 0. The first-order valence-electron chi connectivity index (χ1n) is 7.25. The van der Waals surface area contributed by atoms with Crippen molar-refractivity contribution in [1.82, 2.24) is 20.4 Å². The van der Waals surface area contributed by atoms with Gasteiger partial charge in [-0.15, -0.1) is 0 Å². The van der Waals surface area contributed by atoms with E-state index in [2.05, 4.69) is 34.4 Å². The molecule has 1 heterocycles. The molecule has 0 saturated carbocycles. The SMILES string of the molecule is CCNCCN(C)Cc1n[nH]c2c1CCCCC2. The Labute approximate surface area is 110 Å². The van der Waals surface area contributed by atoms with Crippen LogP contribution in [0.2, 0.25) is 0 Å². The predicted molar refractivity (Wildman–Crippen MR) is 74.7 cm³/mol. The maximum atomic E-state index is 4.52. The smallest absolute Gasteiger partial charge is 0.0796 e. The summed E-state index contributed by atoms with van der Waals surface area (Å²) < 4.78 is 0. The molecule has 0 fully saturated rings. The van der Waals surface area contributed by atoms with Gasteiger partial charge in [-0.3, -0.25) is 10.00 Å². The molecule has 4 nitrogen and oxygen atoms in total. The zero-order valence-electron chi connectivity index (χ0n) is 11.8. The van der Waals surface area contributed by atoms with Gasteiger partial charge < -0.3 is 5.32 Å². The first kappa shape index (κ1) is 13.6. The normalized spacial score (nSPS) is 15.7. The number of hydrogen-bond donors (Lipinski definition) is 2. The van der Waals surface area contributed by atoms with Crippen molar-refractivity contribution in [3.63, 3.8) is 0 Å². The van der Waals surface area contributed by atoms with E-state index in [-0.39, 0.29) is 0 Å². The highest BCUT2D eigenvalue weighted by atomic mass is 15.2. The van der Waals surface area contributed by atoms with Gasteiger partial charge in [0.25, 0.3) is 0 Å². The largest absolute Gasteiger partial charge is 0.316 e. The first-order chi connectivity index (χ1) is 8.81. The lowest BCUT2D eigenvalue weighted by Crippen LogP contribution is -2.29. The molecule has 18 heavy (non-hydrogen) atoms. The number of likely N-dealkylation sites (N-methyl/N-ethyl adjacent to an activating group) is 2. The number of aromatic nitrogens is 2. The van der Waals surface area contributed by atoms with E-state index in [9.17, 15) is 0 Å². The Bertz CT molecular complexity index is 359. The second-order valence-electron chi connectivity index (χ2n) is 5.28. The van der Waals surface area contributed by atoms with Crippen molar-refractivity contribution >= 4 is 0 Å². The Balaban J connectivity index is 1.90. The lowest BCUT2D eigenvalue weighted by Gasteiger charge is -2.16. The molecule has 0 radical (unpaired) electrons. The van der Waals surface area contributed by atoms with Crippen LogP contribution in [0.4, 0.5) is 0 Å². The molecule has 0 amide bonds. The van der Waals surface area contributed by atoms with E-state index in [1.807, 2.05) is 0 Å². The molecule has 102 valence electrons. The van der Waals surface area contributed by atoms with Gasteiger partial charge in [-0.05, 0) is 44.8 Å². The standard InChI is InChI=1S/C14H26N4/c1-3-15-9-10-18(2)11-14-12-7-5-4-6-8-13(12)16-17-14/h15H,3-11H2,1-2H3,(H,16,17). The minimum absolute atomic E-state index is 0.969. The average molecular weight is 250 g/mol. The fourth-order valence-electron chi connectivity index (χ4n) is 2.64. The predicted octanol–water partition coefficient (Wildman–Crippen LogP) is 1.72. The van der Waals surface area contributed by atoms with Gasteiger partial charge >= 0.3 is 0 Å². The summed E-state index contributed by atoms with van der Waals surface area (Å²) in [7, 11) is 2.18. The molecule has 0 saturated heterocycles. The summed E-state index contributed by atoms with van der Waals surface area (Å²) >= 11 is 0. The van der Waals surface area contributed by atoms with Crippen LogP contribution in [0.15, 0.2) is 0 Å². The minimum atomic E-state index is 0.969. The van der Waals surface area contributed by atoms with Crippen LogP contribution >= 0.6 is 0 Å². The van der Waals surface area contributed by atoms with Crippen molar-refractivity contribution in [3.8, 4) is 0 Å². The van der Waals surface area contributed by atoms with Crippen molar-refractivity contribution in [2.75, 3.05) is 26.7 Å². The highest BCUT2D eigenvalue weighted by Crippen LogP contribution is 2.22. The quantitative estimate of drug-likeness (QED) is 0.597. The molecule has 2 N–H and O–H groups in total. The lowest BCUT2D eigenvalue weighted by atomic mass is 10.1. The summed E-state index contributed by atoms with van der Waals surface area (Å²) in [5.41, 5.74) is 4.16. The highest BCUT2D eigenvalue weighted by Gasteiger charge is 2.16. The third-order valence-electron chi connectivity index (χ3n) is 3.73. The number of aryl methyl sites for hydroxylation is 1. The molecular weight excluding hydrogens is 224 g/mol. The highest BCUT2D eigenvalue weighted by molar-refractivity contribution is 5.26. The Morgan fingerprint density at radius 1 is 1.28 bits per heavy atom. The molecule has 0 atom stereocenters. The van der Waals surface area contributed by atoms with Gasteiger partial charge in [-0.2, -0.15) is 5.10 Å². The van der Waals surface area contributed by atoms with Crippen LogP contribution in [-0.2, 0) is 19.4 Å². The molecule has 2 rings (SSSR count). The maximum Gasteiger partial charge on any atom is 0.0796 e. The fourth-order valence-corrected chi connectivity index (χ4v) is 2.64. The van der Waals surface area contributed by atoms with Crippen molar-refractivity contribution in [2.24, 2.45) is 0 Å². The number of aromatic amines is 1. The van der Waals surface area contributed by atoms with Gasteiger partial charge in [0.05, 0.1) is 5.69 Å². The number of hydrogen-bond acceptors (Lipinski definition) is 3. The Hall–Kier alpha value is -0.870. The third-order valence-corrected chi connectivity index (χ3v) is 3.73. The summed E-state index contributed by atoms with van der Waals surface area (Å²) in [6.07, 6.45) is 6.38. The zero-order valence-corrected chi connectivity index (χ0v) is 11.8. The molecule has 1 aromatic heterocycles. The van der Waals surface area contributed by atoms with Crippen LogP contribution in [0.1, 0.15) is 43.1 Å². The van der Waals surface area contributed by atoms with Gasteiger partial charge in [0.1, 0.15) is 0 Å². The number of rotatable bonds is 6.